The smallest absolute Gasteiger partial charge is 0.374 e. The summed E-state index contributed by atoms with van der Waals surface area (Å²) < 4.78 is 50.0. The fraction of sp³-hybridized carbons (Fsp3) is 0.300. The highest BCUT2D eigenvalue weighted by Gasteiger charge is 2.40. The molecular weight excluding hydrogens is 240 g/mol. The number of amides is 1. The monoisotopic (exact) mass is 250 g/mol. The van der Waals surface area contributed by atoms with Crippen LogP contribution in [0.1, 0.15) is 6.42 Å². The van der Waals surface area contributed by atoms with E-state index in [-0.39, 0.29) is 5.69 Å². The van der Waals surface area contributed by atoms with Crippen LogP contribution in [-0.4, -0.2) is 18.1 Å². The summed E-state index contributed by atoms with van der Waals surface area (Å²) in [6.45, 7) is 0. The van der Waals surface area contributed by atoms with Crippen LogP contribution in [0, 0.1) is 5.82 Å². The average molecular weight is 250 g/mol. The molecule has 0 saturated carbocycles. The van der Waals surface area contributed by atoms with Crippen LogP contribution < -0.4 is 11.1 Å². The van der Waals surface area contributed by atoms with Crippen LogP contribution in [0.15, 0.2) is 24.3 Å². The Morgan fingerprint density at radius 1 is 1.29 bits per heavy atom. The van der Waals surface area contributed by atoms with Crippen molar-refractivity contribution in [3.05, 3.63) is 30.1 Å². The lowest BCUT2D eigenvalue weighted by Gasteiger charge is -2.21. The minimum absolute atomic E-state index is 0.0648. The number of rotatable bonds is 4. The number of nitrogens with one attached hydrogen (secondary N) is 1. The lowest BCUT2D eigenvalue weighted by Crippen LogP contribution is -2.39. The van der Waals surface area contributed by atoms with Gasteiger partial charge in [-0.1, -0.05) is 0 Å². The molecule has 1 aromatic carbocycles. The summed E-state index contributed by atoms with van der Waals surface area (Å²) in [7, 11) is 0. The van der Waals surface area contributed by atoms with Crippen molar-refractivity contribution in [3.8, 4) is 0 Å². The fourth-order valence-electron chi connectivity index (χ4n) is 1.20. The van der Waals surface area contributed by atoms with Gasteiger partial charge in [0.2, 0.25) is 5.91 Å². The van der Waals surface area contributed by atoms with Crippen molar-refractivity contribution in [2.24, 2.45) is 5.73 Å². The zero-order chi connectivity index (χ0) is 13.1. The highest BCUT2D eigenvalue weighted by atomic mass is 19.4. The number of anilines is 1. The fourth-order valence-corrected chi connectivity index (χ4v) is 1.20. The van der Waals surface area contributed by atoms with Gasteiger partial charge in [0.15, 0.2) is 0 Å². The highest BCUT2D eigenvalue weighted by Crippen LogP contribution is 2.25. The van der Waals surface area contributed by atoms with Gasteiger partial charge in [0.1, 0.15) is 11.9 Å². The Bertz CT molecular complexity index is 388. The van der Waals surface area contributed by atoms with E-state index < -0.39 is 30.4 Å². The number of hydrogen-bond donors (Lipinski definition) is 2. The minimum Gasteiger partial charge on any atom is -0.374 e. The molecule has 17 heavy (non-hydrogen) atoms. The standard InChI is InChI=1S/C10H10F4N2O/c11-6-1-3-7(4-2-6)16-8(5-9(15)17)10(12,13)14/h1-4,8,16H,5H2,(H2,15,17). The molecule has 1 rings (SSSR count). The second-order valence-corrected chi connectivity index (χ2v) is 3.42. The lowest BCUT2D eigenvalue weighted by molar-refractivity contribution is -0.149. The van der Waals surface area contributed by atoms with Crippen molar-refractivity contribution in [2.75, 3.05) is 5.32 Å². The van der Waals surface area contributed by atoms with Gasteiger partial charge in [0, 0.05) is 5.69 Å². The molecule has 0 aliphatic heterocycles. The third-order valence-corrected chi connectivity index (χ3v) is 1.99. The van der Waals surface area contributed by atoms with Crippen molar-refractivity contribution in [2.45, 2.75) is 18.6 Å². The molecule has 1 amide bonds. The summed E-state index contributed by atoms with van der Waals surface area (Å²) in [5, 5.41) is 2.08. The average Bonchev–Trinajstić information content (AvgIpc) is 2.18. The Kier molecular flexibility index (Phi) is 3.93. The first-order valence-corrected chi connectivity index (χ1v) is 4.66. The van der Waals surface area contributed by atoms with E-state index in [0.29, 0.717) is 0 Å². The Morgan fingerprint density at radius 3 is 2.24 bits per heavy atom. The second kappa shape index (κ2) is 5.03. The molecule has 0 fully saturated rings. The van der Waals surface area contributed by atoms with Crippen LogP contribution in [-0.2, 0) is 4.79 Å². The van der Waals surface area contributed by atoms with Crippen molar-refractivity contribution in [3.63, 3.8) is 0 Å². The van der Waals surface area contributed by atoms with Crippen LogP contribution in [0.3, 0.4) is 0 Å². The number of alkyl halides is 3. The number of hydrogen-bond acceptors (Lipinski definition) is 2. The van der Waals surface area contributed by atoms with E-state index in [1.54, 1.807) is 0 Å². The Balaban J connectivity index is 2.79. The van der Waals surface area contributed by atoms with Crippen LogP contribution in [0.4, 0.5) is 23.2 Å². The topological polar surface area (TPSA) is 55.1 Å². The van der Waals surface area contributed by atoms with Crippen molar-refractivity contribution < 1.29 is 22.4 Å². The molecule has 0 saturated heterocycles. The summed E-state index contributed by atoms with van der Waals surface area (Å²) in [5.41, 5.74) is 4.79. The van der Waals surface area contributed by atoms with Gasteiger partial charge in [-0.25, -0.2) is 4.39 Å². The Morgan fingerprint density at radius 2 is 1.82 bits per heavy atom. The molecule has 1 aromatic rings. The molecular formula is C10H10F4N2O. The summed E-state index contributed by atoms with van der Waals surface area (Å²) in [4.78, 5) is 10.5. The third-order valence-electron chi connectivity index (χ3n) is 1.99. The van der Waals surface area contributed by atoms with Crippen LogP contribution in [0.5, 0.6) is 0 Å². The molecule has 0 heterocycles. The molecule has 0 bridgehead atoms. The quantitative estimate of drug-likeness (QED) is 0.803. The SMILES string of the molecule is NC(=O)CC(Nc1ccc(F)cc1)C(F)(F)F. The van der Waals surface area contributed by atoms with Crippen LogP contribution in [0.25, 0.3) is 0 Å². The molecule has 1 unspecified atom stereocenters. The van der Waals surface area contributed by atoms with E-state index >= 15 is 0 Å². The Labute approximate surface area is 94.6 Å². The largest absolute Gasteiger partial charge is 0.409 e. The van der Waals surface area contributed by atoms with Crippen LogP contribution in [0.2, 0.25) is 0 Å². The van der Waals surface area contributed by atoms with E-state index in [4.69, 9.17) is 5.73 Å². The molecule has 7 heteroatoms. The molecule has 0 aliphatic rings. The predicted molar refractivity (Wildman–Crippen MR) is 53.7 cm³/mol. The van der Waals surface area contributed by atoms with Gasteiger partial charge < -0.3 is 11.1 Å². The van der Waals surface area contributed by atoms with E-state index in [0.717, 1.165) is 24.3 Å². The number of benzene rings is 1. The molecule has 1 atom stereocenters. The van der Waals surface area contributed by atoms with Gasteiger partial charge in [-0.2, -0.15) is 13.2 Å². The van der Waals surface area contributed by atoms with Gasteiger partial charge in [-0.05, 0) is 24.3 Å². The summed E-state index contributed by atoms with van der Waals surface area (Å²) in [5.74, 6) is -1.63. The predicted octanol–water partition coefficient (Wildman–Crippen LogP) is 2.04. The Hall–Kier alpha value is -1.79. The van der Waals surface area contributed by atoms with Crippen molar-refractivity contribution in [1.82, 2.24) is 0 Å². The zero-order valence-electron chi connectivity index (χ0n) is 8.59. The third kappa shape index (κ3) is 4.29. The molecule has 0 radical (unpaired) electrons. The first-order chi connectivity index (χ1) is 7.79. The summed E-state index contributed by atoms with van der Waals surface area (Å²) in [6, 6.07) is 2.25. The van der Waals surface area contributed by atoms with E-state index in [1.807, 2.05) is 0 Å². The van der Waals surface area contributed by atoms with E-state index in [9.17, 15) is 22.4 Å². The summed E-state index contributed by atoms with van der Waals surface area (Å²) >= 11 is 0. The van der Waals surface area contributed by atoms with Gasteiger partial charge in [-0.15, -0.1) is 0 Å². The maximum atomic E-state index is 12.5. The normalized spacial score (nSPS) is 13.2. The van der Waals surface area contributed by atoms with Crippen LogP contribution >= 0.6 is 0 Å². The molecule has 94 valence electrons. The minimum atomic E-state index is -4.61. The number of carbonyl (C=O) groups excluding carboxylic acids is 1. The zero-order valence-corrected chi connectivity index (χ0v) is 8.59. The molecule has 0 spiro atoms. The van der Waals surface area contributed by atoms with Gasteiger partial charge in [0.25, 0.3) is 0 Å². The van der Waals surface area contributed by atoms with Gasteiger partial charge >= 0.3 is 6.18 Å². The molecule has 3 nitrogen and oxygen atoms in total. The highest BCUT2D eigenvalue weighted by molar-refractivity contribution is 5.75. The van der Waals surface area contributed by atoms with Crippen molar-refractivity contribution >= 4 is 11.6 Å². The lowest BCUT2D eigenvalue weighted by atomic mass is 10.1. The van der Waals surface area contributed by atoms with E-state index in [2.05, 4.69) is 5.32 Å². The number of carbonyl (C=O) groups is 1. The van der Waals surface area contributed by atoms with Crippen molar-refractivity contribution in [1.29, 1.82) is 0 Å². The van der Waals surface area contributed by atoms with Gasteiger partial charge in [-0.3, -0.25) is 4.79 Å². The second-order valence-electron chi connectivity index (χ2n) is 3.42. The first-order valence-electron chi connectivity index (χ1n) is 4.66. The molecule has 3 N–H and O–H groups in total. The number of nitrogens with two attached hydrogens (primary N) is 1. The molecule has 0 aliphatic carbocycles. The van der Waals surface area contributed by atoms with Gasteiger partial charge in [0.05, 0.1) is 6.42 Å². The maximum absolute atomic E-state index is 12.5. The maximum Gasteiger partial charge on any atom is 0.409 e. The number of halogens is 4. The first kappa shape index (κ1) is 13.3. The summed E-state index contributed by atoms with van der Waals surface area (Å²) in [6.07, 6.45) is -5.48. The molecule has 0 aromatic heterocycles. The van der Waals surface area contributed by atoms with E-state index in [1.165, 1.54) is 0 Å². The number of primary amides is 1.